The molecule has 2 rings (SSSR count). The predicted molar refractivity (Wildman–Crippen MR) is 71.0 cm³/mol. The van der Waals surface area contributed by atoms with Gasteiger partial charge in [0, 0.05) is 0 Å². The summed E-state index contributed by atoms with van der Waals surface area (Å²) in [6.07, 6.45) is 0.379. The van der Waals surface area contributed by atoms with Gasteiger partial charge in [-0.2, -0.15) is 5.26 Å². The van der Waals surface area contributed by atoms with Crippen LogP contribution in [0.2, 0.25) is 0 Å². The van der Waals surface area contributed by atoms with Crippen LogP contribution in [-0.2, 0) is 9.53 Å². The lowest BCUT2D eigenvalue weighted by molar-refractivity contribution is -0.145. The number of carbonyl (C=O) groups is 1. The van der Waals surface area contributed by atoms with Gasteiger partial charge in [-0.25, -0.2) is 4.39 Å². The maximum Gasteiger partial charge on any atom is 0.323 e. The van der Waals surface area contributed by atoms with Crippen LogP contribution in [0, 0.1) is 22.6 Å². The maximum absolute atomic E-state index is 13.0. The van der Waals surface area contributed by atoms with Crippen molar-refractivity contribution in [2.75, 3.05) is 6.61 Å². The monoisotopic (exact) mass is 276 g/mol. The van der Waals surface area contributed by atoms with Crippen LogP contribution < -0.4 is 5.32 Å². The Balaban J connectivity index is 2.25. The number of hydrogen-bond donors (Lipinski definition) is 1. The van der Waals surface area contributed by atoms with Gasteiger partial charge < -0.3 is 4.74 Å². The Morgan fingerprint density at radius 3 is 2.75 bits per heavy atom. The van der Waals surface area contributed by atoms with Crippen molar-refractivity contribution in [1.29, 1.82) is 5.26 Å². The highest BCUT2D eigenvalue weighted by Gasteiger charge is 2.47. The van der Waals surface area contributed by atoms with Crippen molar-refractivity contribution < 1.29 is 13.9 Å². The van der Waals surface area contributed by atoms with Crippen LogP contribution in [0.1, 0.15) is 31.9 Å². The van der Waals surface area contributed by atoms with Crippen molar-refractivity contribution in [2.45, 2.75) is 32.4 Å². The largest absolute Gasteiger partial charge is 0.465 e. The minimum Gasteiger partial charge on any atom is -0.465 e. The van der Waals surface area contributed by atoms with Crippen molar-refractivity contribution in [3.63, 3.8) is 0 Å². The summed E-state index contributed by atoms with van der Waals surface area (Å²) in [6.45, 7) is 3.85. The molecule has 3 atom stereocenters. The van der Waals surface area contributed by atoms with Gasteiger partial charge in [0.25, 0.3) is 0 Å². The lowest BCUT2D eigenvalue weighted by Crippen LogP contribution is -2.34. The summed E-state index contributed by atoms with van der Waals surface area (Å²) in [4.78, 5) is 11.8. The number of benzene rings is 1. The molecule has 1 aliphatic rings. The number of halogens is 1. The number of hydrogen-bond acceptors (Lipinski definition) is 4. The van der Waals surface area contributed by atoms with Crippen molar-refractivity contribution in [2.24, 2.45) is 5.41 Å². The van der Waals surface area contributed by atoms with E-state index in [1.165, 1.54) is 12.1 Å². The molecule has 0 amide bonds. The number of nitriles is 1. The van der Waals surface area contributed by atoms with Gasteiger partial charge in [-0.05, 0) is 38.0 Å². The normalized spacial score (nSPS) is 28.9. The van der Waals surface area contributed by atoms with Crippen LogP contribution in [0.5, 0.6) is 0 Å². The third kappa shape index (κ3) is 2.66. The summed E-state index contributed by atoms with van der Waals surface area (Å²) in [5.41, 5.74) is 0.0668. The van der Waals surface area contributed by atoms with E-state index in [1.807, 2.05) is 0 Å². The van der Waals surface area contributed by atoms with Gasteiger partial charge in [-0.3, -0.25) is 10.1 Å². The maximum atomic E-state index is 13.0. The lowest BCUT2D eigenvalue weighted by atomic mass is 9.80. The first kappa shape index (κ1) is 14.5. The van der Waals surface area contributed by atoms with Crippen LogP contribution in [0.15, 0.2) is 24.3 Å². The molecule has 1 fully saturated rings. The van der Waals surface area contributed by atoms with Gasteiger partial charge in [-0.1, -0.05) is 12.1 Å². The first-order chi connectivity index (χ1) is 9.50. The molecule has 1 aromatic rings. The first-order valence-electron chi connectivity index (χ1n) is 6.59. The smallest absolute Gasteiger partial charge is 0.323 e. The molecule has 1 aliphatic heterocycles. The van der Waals surface area contributed by atoms with Crippen LogP contribution in [0.25, 0.3) is 0 Å². The number of nitrogens with zero attached hydrogens (tertiary/aromatic N) is 1. The zero-order chi connectivity index (χ0) is 14.8. The topological polar surface area (TPSA) is 62.1 Å². The number of nitrogens with one attached hydrogen (secondary N) is 1. The molecule has 5 heteroatoms. The second-order valence-electron chi connectivity index (χ2n) is 5.19. The van der Waals surface area contributed by atoms with Gasteiger partial charge >= 0.3 is 5.97 Å². The molecule has 1 heterocycles. The molecular formula is C15H17FN2O2. The summed E-state index contributed by atoms with van der Waals surface area (Å²) >= 11 is 0. The molecule has 20 heavy (non-hydrogen) atoms. The number of esters is 1. The molecule has 1 saturated heterocycles. The van der Waals surface area contributed by atoms with E-state index in [-0.39, 0.29) is 17.8 Å². The van der Waals surface area contributed by atoms with Crippen molar-refractivity contribution >= 4 is 5.97 Å². The van der Waals surface area contributed by atoms with Crippen molar-refractivity contribution in [3.8, 4) is 6.07 Å². The Hall–Kier alpha value is -1.93. The van der Waals surface area contributed by atoms with E-state index in [0.29, 0.717) is 13.0 Å². The molecule has 0 radical (unpaired) electrons. The van der Waals surface area contributed by atoms with E-state index in [0.717, 1.165) is 5.56 Å². The van der Waals surface area contributed by atoms with Gasteiger partial charge in [-0.15, -0.1) is 0 Å². The highest BCUT2D eigenvalue weighted by molar-refractivity contribution is 5.76. The Morgan fingerprint density at radius 1 is 1.55 bits per heavy atom. The quantitative estimate of drug-likeness (QED) is 0.861. The van der Waals surface area contributed by atoms with E-state index in [2.05, 4.69) is 11.4 Å². The highest BCUT2D eigenvalue weighted by atomic mass is 19.1. The molecule has 1 N–H and O–H groups in total. The third-order valence-corrected chi connectivity index (χ3v) is 3.66. The molecule has 0 aromatic heterocycles. The highest BCUT2D eigenvalue weighted by Crippen LogP contribution is 2.43. The molecular weight excluding hydrogens is 259 g/mol. The van der Waals surface area contributed by atoms with Crippen LogP contribution >= 0.6 is 0 Å². The summed E-state index contributed by atoms with van der Waals surface area (Å²) in [7, 11) is 0. The first-order valence-corrected chi connectivity index (χ1v) is 6.59. The standard InChI is InChI=1S/C15H17FN2O2/c1-3-20-14(19)12-8-15(2,9-17)13(18-12)10-4-6-11(16)7-5-10/h4-7,12-13,18H,3,8H2,1-2H3/t12-,13?,15+/m0/s1. The van der Waals surface area contributed by atoms with Gasteiger partial charge in [0.15, 0.2) is 0 Å². The summed E-state index contributed by atoms with van der Waals surface area (Å²) in [5, 5.41) is 12.6. The SMILES string of the molecule is CCOC(=O)[C@@H]1C[C@](C)(C#N)C(c2ccc(F)cc2)N1. The van der Waals surface area contributed by atoms with Crippen LogP contribution in [-0.4, -0.2) is 18.6 Å². The van der Waals surface area contributed by atoms with Gasteiger partial charge in [0.05, 0.1) is 24.1 Å². The van der Waals surface area contributed by atoms with Crippen LogP contribution in [0.3, 0.4) is 0 Å². The zero-order valence-electron chi connectivity index (χ0n) is 11.5. The minimum absolute atomic E-state index is 0.307. The summed E-state index contributed by atoms with van der Waals surface area (Å²) in [6, 6.07) is 7.42. The Labute approximate surface area is 117 Å². The van der Waals surface area contributed by atoms with E-state index < -0.39 is 11.5 Å². The molecule has 1 aromatic carbocycles. The molecule has 0 bridgehead atoms. The zero-order valence-corrected chi connectivity index (χ0v) is 11.5. The van der Waals surface area contributed by atoms with Gasteiger partial charge in [0.2, 0.25) is 0 Å². The number of carbonyl (C=O) groups excluding carboxylic acids is 1. The predicted octanol–water partition coefficient (Wildman–Crippen LogP) is 2.32. The van der Waals surface area contributed by atoms with E-state index in [9.17, 15) is 14.4 Å². The average molecular weight is 276 g/mol. The molecule has 106 valence electrons. The Morgan fingerprint density at radius 2 is 2.20 bits per heavy atom. The molecule has 0 saturated carbocycles. The number of ether oxygens (including phenoxy) is 1. The Bertz CT molecular complexity index is 538. The number of rotatable bonds is 3. The lowest BCUT2D eigenvalue weighted by Gasteiger charge is -2.23. The van der Waals surface area contributed by atoms with E-state index in [1.54, 1.807) is 26.0 Å². The second kappa shape index (κ2) is 5.59. The molecule has 1 unspecified atom stereocenters. The van der Waals surface area contributed by atoms with E-state index in [4.69, 9.17) is 4.74 Å². The second-order valence-corrected chi connectivity index (χ2v) is 5.19. The third-order valence-electron chi connectivity index (χ3n) is 3.66. The molecule has 0 spiro atoms. The van der Waals surface area contributed by atoms with Crippen molar-refractivity contribution in [1.82, 2.24) is 5.32 Å². The van der Waals surface area contributed by atoms with Crippen LogP contribution in [0.4, 0.5) is 4.39 Å². The van der Waals surface area contributed by atoms with E-state index >= 15 is 0 Å². The Kier molecular flexibility index (Phi) is 4.05. The molecule has 4 nitrogen and oxygen atoms in total. The summed E-state index contributed by atoms with van der Waals surface area (Å²) in [5.74, 6) is -0.675. The summed E-state index contributed by atoms with van der Waals surface area (Å²) < 4.78 is 18.0. The minimum atomic E-state index is -0.727. The fraction of sp³-hybridized carbons (Fsp3) is 0.467. The average Bonchev–Trinajstić information content (AvgIpc) is 2.79. The van der Waals surface area contributed by atoms with Crippen molar-refractivity contribution in [3.05, 3.63) is 35.6 Å². The fourth-order valence-corrected chi connectivity index (χ4v) is 2.61. The fourth-order valence-electron chi connectivity index (χ4n) is 2.61. The van der Waals surface area contributed by atoms with Gasteiger partial charge in [0.1, 0.15) is 11.9 Å². The molecule has 0 aliphatic carbocycles.